The van der Waals surface area contributed by atoms with Crippen molar-refractivity contribution in [1.29, 1.82) is 0 Å². The fourth-order valence-electron chi connectivity index (χ4n) is 2.15. The maximum atomic E-state index is 12.5. The summed E-state index contributed by atoms with van der Waals surface area (Å²) in [5, 5.41) is 4.26. The molecule has 130 valence electrons. The molecule has 0 amide bonds. The van der Waals surface area contributed by atoms with Gasteiger partial charge in [-0.25, -0.2) is 9.65 Å². The summed E-state index contributed by atoms with van der Waals surface area (Å²) >= 11 is 5.99. The highest BCUT2D eigenvalue weighted by atomic mass is 35.7. The van der Waals surface area contributed by atoms with Crippen LogP contribution in [0.25, 0.3) is 10.8 Å². The first kappa shape index (κ1) is 18.8. The summed E-state index contributed by atoms with van der Waals surface area (Å²) in [6.07, 6.45) is 1.71. The van der Waals surface area contributed by atoms with Crippen molar-refractivity contribution in [2.75, 3.05) is 6.61 Å². The van der Waals surface area contributed by atoms with Gasteiger partial charge in [0.1, 0.15) is 11.8 Å². The van der Waals surface area contributed by atoms with Gasteiger partial charge in [-0.1, -0.05) is 49.7 Å². The predicted molar refractivity (Wildman–Crippen MR) is 96.5 cm³/mol. The number of nitrogens with one attached hydrogen (secondary N) is 1. The maximum Gasteiger partial charge on any atom is 0.409 e. The number of hydrogen-bond donors (Lipinski definition) is 1. The zero-order valence-electron chi connectivity index (χ0n) is 13.7. The lowest BCUT2D eigenvalue weighted by Crippen LogP contribution is -2.33. The number of esters is 1. The molecule has 0 spiro atoms. The predicted octanol–water partition coefficient (Wildman–Crippen LogP) is 4.89. The summed E-state index contributed by atoms with van der Waals surface area (Å²) in [6.45, 7) is 0.123. The topological polar surface area (TPSA) is 64.6 Å². The third kappa shape index (κ3) is 5.23. The number of ether oxygens (including phenoxy) is 1. The third-order valence-corrected chi connectivity index (χ3v) is 5.04. The lowest BCUT2D eigenvalue weighted by molar-refractivity contribution is -0.145. The number of carbonyl (C=O) groups excluding carboxylic acids is 1. The van der Waals surface area contributed by atoms with Crippen LogP contribution < -0.4 is 9.61 Å². The fourth-order valence-corrected chi connectivity index (χ4v) is 3.85. The Bertz CT molecular complexity index is 747. The van der Waals surface area contributed by atoms with Crippen molar-refractivity contribution in [3.05, 3.63) is 42.5 Å². The van der Waals surface area contributed by atoms with Crippen molar-refractivity contribution in [3.8, 4) is 5.75 Å². The number of halogens is 1. The standard InChI is InChI=1S/C17H21ClNO4P/c1-3-4-12-22-17(20)13(2)19-24(18,21)23-16-11-7-9-14-8-5-6-10-15(14)16/h5-11,13H,3-4,12H2,1-2H3,(H,19,21)/t13-,24?/m0/s1. The van der Waals surface area contributed by atoms with Crippen LogP contribution >= 0.6 is 18.1 Å². The summed E-state index contributed by atoms with van der Waals surface area (Å²) in [7, 11) is 0. The van der Waals surface area contributed by atoms with Gasteiger partial charge >= 0.3 is 12.8 Å². The number of unbranched alkanes of at least 4 members (excludes halogenated alkanes) is 1. The first-order valence-corrected chi connectivity index (χ1v) is 10.4. The maximum absolute atomic E-state index is 12.5. The largest absolute Gasteiger partial charge is 0.465 e. The second-order valence-electron chi connectivity index (χ2n) is 5.42. The van der Waals surface area contributed by atoms with Crippen LogP contribution in [0.4, 0.5) is 0 Å². The SMILES string of the molecule is CCCCOC(=O)[C@H](C)NP(=O)(Cl)Oc1cccc2ccccc12. The van der Waals surface area contributed by atoms with E-state index in [1.54, 1.807) is 12.1 Å². The molecule has 0 bridgehead atoms. The van der Waals surface area contributed by atoms with Crippen LogP contribution in [0.15, 0.2) is 42.5 Å². The average Bonchev–Trinajstić information content (AvgIpc) is 2.54. The number of carbonyl (C=O) groups is 1. The lowest BCUT2D eigenvalue weighted by atomic mass is 10.1. The number of benzene rings is 2. The van der Waals surface area contributed by atoms with E-state index in [-0.39, 0.29) is 0 Å². The van der Waals surface area contributed by atoms with Gasteiger partial charge in [0, 0.05) is 16.6 Å². The van der Waals surface area contributed by atoms with Crippen molar-refractivity contribution >= 4 is 34.9 Å². The van der Waals surface area contributed by atoms with E-state index in [1.165, 1.54) is 6.92 Å². The minimum atomic E-state index is -3.75. The van der Waals surface area contributed by atoms with E-state index < -0.39 is 18.9 Å². The zero-order valence-corrected chi connectivity index (χ0v) is 15.3. The Morgan fingerprint density at radius 2 is 1.96 bits per heavy atom. The van der Waals surface area contributed by atoms with Gasteiger partial charge < -0.3 is 9.26 Å². The molecule has 0 fully saturated rings. The number of fused-ring (bicyclic) bond motifs is 1. The van der Waals surface area contributed by atoms with Gasteiger partial charge in [0.05, 0.1) is 6.61 Å². The molecule has 0 aliphatic carbocycles. The zero-order chi connectivity index (χ0) is 17.6. The Hall–Kier alpha value is -1.55. The normalized spacial score (nSPS) is 14.8. The highest BCUT2D eigenvalue weighted by molar-refractivity contribution is 7.84. The molecular formula is C17H21ClNO4P. The van der Waals surface area contributed by atoms with Crippen LogP contribution in [0, 0.1) is 0 Å². The van der Waals surface area contributed by atoms with Crippen LogP contribution in [-0.2, 0) is 14.1 Å². The van der Waals surface area contributed by atoms with E-state index in [2.05, 4.69) is 5.09 Å². The Labute approximate surface area is 146 Å². The Morgan fingerprint density at radius 1 is 1.25 bits per heavy atom. The Kier molecular flexibility index (Phi) is 6.67. The van der Waals surface area contributed by atoms with E-state index in [9.17, 15) is 9.36 Å². The van der Waals surface area contributed by atoms with E-state index >= 15 is 0 Å². The molecule has 2 atom stereocenters. The Balaban J connectivity index is 2.05. The van der Waals surface area contributed by atoms with Crippen molar-refractivity contribution in [2.45, 2.75) is 32.7 Å². The summed E-state index contributed by atoms with van der Waals surface area (Å²) in [4.78, 5) is 11.8. The van der Waals surface area contributed by atoms with Crippen molar-refractivity contribution in [1.82, 2.24) is 5.09 Å². The molecule has 1 unspecified atom stereocenters. The molecule has 2 rings (SSSR count). The van der Waals surface area contributed by atoms with Gasteiger partial charge in [-0.3, -0.25) is 4.79 Å². The minimum absolute atomic E-state index is 0.331. The highest BCUT2D eigenvalue weighted by Crippen LogP contribution is 2.50. The molecule has 1 N–H and O–H groups in total. The number of rotatable bonds is 8. The van der Waals surface area contributed by atoms with Crippen molar-refractivity contribution < 1.29 is 18.6 Å². The van der Waals surface area contributed by atoms with E-state index in [0.29, 0.717) is 12.4 Å². The smallest absolute Gasteiger partial charge is 0.409 e. The number of hydrogen-bond acceptors (Lipinski definition) is 4. The van der Waals surface area contributed by atoms with Crippen LogP contribution in [0.2, 0.25) is 0 Å². The van der Waals surface area contributed by atoms with Crippen LogP contribution in [0.3, 0.4) is 0 Å². The summed E-state index contributed by atoms with van der Waals surface area (Å²) in [5.41, 5.74) is 0. The van der Waals surface area contributed by atoms with Crippen LogP contribution in [0.5, 0.6) is 5.75 Å². The van der Waals surface area contributed by atoms with Crippen LogP contribution in [0.1, 0.15) is 26.7 Å². The molecule has 2 aromatic rings. The van der Waals surface area contributed by atoms with Crippen molar-refractivity contribution in [3.63, 3.8) is 0 Å². The molecule has 5 nitrogen and oxygen atoms in total. The Morgan fingerprint density at radius 3 is 2.71 bits per heavy atom. The van der Waals surface area contributed by atoms with E-state index in [1.807, 2.05) is 37.3 Å². The van der Waals surface area contributed by atoms with E-state index in [4.69, 9.17) is 20.5 Å². The lowest BCUT2D eigenvalue weighted by Gasteiger charge is -2.19. The summed E-state index contributed by atoms with van der Waals surface area (Å²) in [6, 6.07) is 12.1. The molecule has 0 aromatic heterocycles. The molecule has 24 heavy (non-hydrogen) atoms. The quantitative estimate of drug-likeness (QED) is 0.408. The summed E-state index contributed by atoms with van der Waals surface area (Å²) in [5.74, 6) is -0.115. The van der Waals surface area contributed by atoms with Gasteiger partial charge in [0.15, 0.2) is 0 Å². The molecular weight excluding hydrogens is 349 g/mol. The second-order valence-corrected chi connectivity index (χ2v) is 8.16. The third-order valence-electron chi connectivity index (χ3n) is 3.41. The molecule has 0 radical (unpaired) electrons. The molecule has 0 aliphatic rings. The average molecular weight is 370 g/mol. The molecule has 0 heterocycles. The first-order chi connectivity index (χ1) is 11.4. The second kappa shape index (κ2) is 8.52. The van der Waals surface area contributed by atoms with Gasteiger partial charge in [-0.05, 0) is 24.8 Å². The minimum Gasteiger partial charge on any atom is -0.465 e. The molecule has 2 aromatic carbocycles. The summed E-state index contributed by atoms with van der Waals surface area (Å²) < 4.78 is 23.0. The van der Waals surface area contributed by atoms with Gasteiger partial charge in [0.2, 0.25) is 0 Å². The monoisotopic (exact) mass is 369 g/mol. The van der Waals surface area contributed by atoms with Gasteiger partial charge in [0.25, 0.3) is 0 Å². The fraction of sp³-hybridized carbons (Fsp3) is 0.353. The molecule has 0 saturated heterocycles. The highest BCUT2D eigenvalue weighted by Gasteiger charge is 2.28. The first-order valence-electron chi connectivity index (χ1n) is 7.84. The van der Waals surface area contributed by atoms with Gasteiger partial charge in [-0.15, -0.1) is 0 Å². The molecule has 0 aliphatic heterocycles. The molecule has 0 saturated carbocycles. The van der Waals surface area contributed by atoms with Crippen molar-refractivity contribution in [2.24, 2.45) is 0 Å². The van der Waals surface area contributed by atoms with E-state index in [0.717, 1.165) is 23.6 Å². The molecule has 7 heteroatoms. The van der Waals surface area contributed by atoms with Gasteiger partial charge in [-0.2, -0.15) is 0 Å². The van der Waals surface area contributed by atoms with Crippen LogP contribution in [-0.4, -0.2) is 18.6 Å².